The van der Waals surface area contributed by atoms with Gasteiger partial charge in [-0.15, -0.1) is 0 Å². The molecule has 6 rings (SSSR count). The Kier molecular flexibility index (Phi) is 12.2. The zero-order valence-electron chi connectivity index (χ0n) is 27.9. The first kappa shape index (κ1) is 35.2. The summed E-state index contributed by atoms with van der Waals surface area (Å²) in [4.78, 5) is 12.7. The number of thioether (sulfide) groups is 1. The smallest absolute Gasteiger partial charge is 0.319 e. The van der Waals surface area contributed by atoms with Crippen LogP contribution in [-0.2, 0) is 22.6 Å². The molecule has 5 aromatic carbocycles. The predicted octanol–water partition coefficient (Wildman–Crippen LogP) is 8.48. The highest BCUT2D eigenvalue weighted by Crippen LogP contribution is 2.43. The summed E-state index contributed by atoms with van der Waals surface area (Å²) < 4.78 is 19.0. The molecule has 0 aromatic heterocycles. The summed E-state index contributed by atoms with van der Waals surface area (Å²) >= 11 is 1.67. The van der Waals surface area contributed by atoms with Gasteiger partial charge >= 0.3 is 6.03 Å². The van der Waals surface area contributed by atoms with E-state index >= 15 is 0 Å². The second kappa shape index (κ2) is 17.3. The number of hydrogen-bond acceptors (Lipinski definition) is 7. The van der Waals surface area contributed by atoms with Gasteiger partial charge < -0.3 is 35.1 Å². The number of aliphatic hydroxyl groups excluding tert-OH is 2. The number of para-hydroxylation sites is 1. The molecule has 4 N–H and O–H groups in total. The molecule has 5 aromatic rings. The van der Waals surface area contributed by atoms with Crippen molar-refractivity contribution in [1.82, 2.24) is 5.32 Å². The third-order valence-electron chi connectivity index (χ3n) is 8.60. The SMILES string of the molecule is C[C@H]1[C@@H](CSCCO)O[C@@H](c2cccc(-c3cccc(CNC(=O)Nc4ccc(Oc5ccccc5)cc4)c3)c2)O[C@H]1c1ccc(CO)cc1. The van der Waals surface area contributed by atoms with Crippen LogP contribution in [0.1, 0.15) is 41.6 Å². The van der Waals surface area contributed by atoms with Crippen LogP contribution in [0.25, 0.3) is 11.1 Å². The molecule has 1 saturated heterocycles. The molecule has 2 amide bonds. The van der Waals surface area contributed by atoms with Crippen LogP contribution in [0, 0.1) is 5.92 Å². The molecular formula is C41H42N2O6S. The fourth-order valence-corrected chi connectivity index (χ4v) is 6.80. The summed E-state index contributed by atoms with van der Waals surface area (Å²) in [5.74, 6) is 2.90. The van der Waals surface area contributed by atoms with Gasteiger partial charge in [0.1, 0.15) is 11.5 Å². The molecule has 0 unspecified atom stereocenters. The van der Waals surface area contributed by atoms with Crippen LogP contribution in [0.4, 0.5) is 10.5 Å². The van der Waals surface area contributed by atoms with Gasteiger partial charge in [0, 0.05) is 35.2 Å². The second-order valence-electron chi connectivity index (χ2n) is 12.2. The molecule has 0 bridgehead atoms. The number of urea groups is 1. The van der Waals surface area contributed by atoms with E-state index in [-0.39, 0.29) is 37.4 Å². The minimum absolute atomic E-state index is 0.00868. The Bertz CT molecular complexity index is 1820. The van der Waals surface area contributed by atoms with Gasteiger partial charge in [-0.1, -0.05) is 85.8 Å². The van der Waals surface area contributed by atoms with Crippen molar-refractivity contribution in [3.63, 3.8) is 0 Å². The van der Waals surface area contributed by atoms with E-state index in [4.69, 9.17) is 14.2 Å². The van der Waals surface area contributed by atoms with Gasteiger partial charge in [-0.25, -0.2) is 4.79 Å². The second-order valence-corrected chi connectivity index (χ2v) is 13.3. The van der Waals surface area contributed by atoms with E-state index in [2.05, 4.69) is 35.8 Å². The average Bonchev–Trinajstić information content (AvgIpc) is 3.16. The summed E-state index contributed by atoms with van der Waals surface area (Å²) in [7, 11) is 0. The zero-order valence-corrected chi connectivity index (χ0v) is 28.7. The number of aliphatic hydroxyl groups is 2. The van der Waals surface area contributed by atoms with Crippen LogP contribution in [0.15, 0.2) is 127 Å². The molecule has 4 atom stereocenters. The predicted molar refractivity (Wildman–Crippen MR) is 198 cm³/mol. The number of rotatable bonds is 13. The van der Waals surface area contributed by atoms with E-state index in [0.29, 0.717) is 23.7 Å². The Morgan fingerprint density at radius 1 is 0.760 bits per heavy atom. The lowest BCUT2D eigenvalue weighted by Crippen LogP contribution is -2.38. The number of hydrogen-bond donors (Lipinski definition) is 4. The number of amides is 2. The maximum Gasteiger partial charge on any atom is 0.319 e. The van der Waals surface area contributed by atoms with Crippen molar-refractivity contribution in [2.75, 3.05) is 23.4 Å². The quantitative estimate of drug-likeness (QED) is 0.0918. The van der Waals surface area contributed by atoms with Crippen molar-refractivity contribution in [2.24, 2.45) is 5.92 Å². The van der Waals surface area contributed by atoms with Crippen molar-refractivity contribution < 1.29 is 29.2 Å². The lowest BCUT2D eigenvalue weighted by molar-refractivity contribution is -0.268. The summed E-state index contributed by atoms with van der Waals surface area (Å²) in [6.45, 7) is 2.60. The van der Waals surface area contributed by atoms with Crippen molar-refractivity contribution in [3.8, 4) is 22.6 Å². The van der Waals surface area contributed by atoms with Gasteiger partial charge in [0.15, 0.2) is 6.29 Å². The third-order valence-corrected chi connectivity index (χ3v) is 9.64. The first-order valence-corrected chi connectivity index (χ1v) is 17.9. The van der Waals surface area contributed by atoms with Gasteiger partial charge in [0.2, 0.25) is 0 Å². The van der Waals surface area contributed by atoms with Gasteiger partial charge in [-0.2, -0.15) is 11.8 Å². The van der Waals surface area contributed by atoms with Gasteiger partial charge in [-0.3, -0.25) is 0 Å². The number of carbonyl (C=O) groups excluding carboxylic acids is 1. The molecule has 0 aliphatic carbocycles. The Hall–Kier alpha value is -4.64. The standard InChI is InChI=1S/C41H42N2O6S/c1-28-38(27-50-22-21-44)48-40(49-39(28)31-15-13-29(26-45)14-16-31)34-10-6-9-33(24-34)32-8-5-7-30(23-32)25-42-41(46)43-35-17-19-37(20-18-35)47-36-11-3-2-4-12-36/h2-20,23-24,28,38-40,44-45H,21-22,25-27H2,1H3,(H2,42,43,46)/t28-,38+,39+,40+/m0/s1. The van der Waals surface area contributed by atoms with Crippen molar-refractivity contribution in [3.05, 3.63) is 150 Å². The molecular weight excluding hydrogens is 649 g/mol. The van der Waals surface area contributed by atoms with E-state index in [0.717, 1.165) is 44.9 Å². The van der Waals surface area contributed by atoms with Gasteiger partial charge in [0.05, 0.1) is 25.4 Å². The normalized spacial score (nSPS) is 18.7. The molecule has 9 heteroatoms. The average molecular weight is 691 g/mol. The summed E-state index contributed by atoms with van der Waals surface area (Å²) in [5.41, 5.74) is 6.44. The number of benzene rings is 5. The Morgan fingerprint density at radius 3 is 2.22 bits per heavy atom. The topological polar surface area (TPSA) is 109 Å². The number of carbonyl (C=O) groups is 1. The maximum absolute atomic E-state index is 12.7. The van der Waals surface area contributed by atoms with Crippen molar-refractivity contribution >= 4 is 23.5 Å². The molecule has 1 heterocycles. The zero-order chi connectivity index (χ0) is 34.7. The van der Waals surface area contributed by atoms with Crippen LogP contribution >= 0.6 is 11.8 Å². The molecule has 0 saturated carbocycles. The van der Waals surface area contributed by atoms with Crippen LogP contribution < -0.4 is 15.4 Å². The van der Waals surface area contributed by atoms with E-state index in [1.807, 2.05) is 97.1 Å². The van der Waals surface area contributed by atoms with Gasteiger partial charge in [0.25, 0.3) is 0 Å². The first-order chi connectivity index (χ1) is 24.5. The summed E-state index contributed by atoms with van der Waals surface area (Å²) in [5, 5.41) is 24.7. The molecule has 50 heavy (non-hydrogen) atoms. The van der Waals surface area contributed by atoms with Crippen LogP contribution in [0.2, 0.25) is 0 Å². The number of nitrogens with one attached hydrogen (secondary N) is 2. The summed E-state index contributed by atoms with van der Waals surface area (Å²) in [6.07, 6.45) is -0.871. The fraction of sp³-hybridized carbons (Fsp3) is 0.244. The molecule has 8 nitrogen and oxygen atoms in total. The highest BCUT2D eigenvalue weighted by Gasteiger charge is 2.38. The number of anilines is 1. The highest BCUT2D eigenvalue weighted by molar-refractivity contribution is 7.99. The molecule has 0 radical (unpaired) electrons. The molecule has 1 fully saturated rings. The molecule has 0 spiro atoms. The maximum atomic E-state index is 12.7. The Labute approximate surface area is 297 Å². The van der Waals surface area contributed by atoms with Crippen molar-refractivity contribution in [1.29, 1.82) is 0 Å². The molecule has 1 aliphatic rings. The minimum Gasteiger partial charge on any atom is -0.457 e. The van der Waals surface area contributed by atoms with Crippen LogP contribution in [-0.4, -0.2) is 40.5 Å². The van der Waals surface area contributed by atoms with Crippen LogP contribution in [0.3, 0.4) is 0 Å². The first-order valence-electron chi connectivity index (χ1n) is 16.8. The Morgan fingerprint density at radius 2 is 1.48 bits per heavy atom. The van der Waals surface area contributed by atoms with E-state index in [9.17, 15) is 15.0 Å². The van der Waals surface area contributed by atoms with E-state index < -0.39 is 6.29 Å². The minimum atomic E-state index is -0.582. The molecule has 258 valence electrons. The van der Waals surface area contributed by atoms with Crippen LogP contribution in [0.5, 0.6) is 11.5 Å². The summed E-state index contributed by atoms with van der Waals surface area (Å²) in [6, 6.07) is 40.6. The lowest BCUT2D eigenvalue weighted by Gasteiger charge is -2.41. The largest absolute Gasteiger partial charge is 0.457 e. The van der Waals surface area contributed by atoms with Crippen molar-refractivity contribution in [2.45, 2.75) is 38.6 Å². The Balaban J connectivity index is 1.10. The van der Waals surface area contributed by atoms with E-state index in [1.54, 1.807) is 23.9 Å². The third kappa shape index (κ3) is 9.32. The van der Waals surface area contributed by atoms with E-state index in [1.165, 1.54) is 0 Å². The fourth-order valence-electron chi connectivity index (χ4n) is 5.89. The monoisotopic (exact) mass is 690 g/mol. The highest BCUT2D eigenvalue weighted by atomic mass is 32.2. The molecule has 1 aliphatic heterocycles. The lowest BCUT2D eigenvalue weighted by atomic mass is 9.91. The van der Waals surface area contributed by atoms with Gasteiger partial charge in [-0.05, 0) is 76.3 Å². The number of ether oxygens (including phenoxy) is 3.